The maximum atomic E-state index is 13.9. The van der Waals surface area contributed by atoms with Crippen molar-refractivity contribution in [1.29, 1.82) is 0 Å². The van der Waals surface area contributed by atoms with Gasteiger partial charge in [-0.2, -0.15) is 0 Å². The van der Waals surface area contributed by atoms with E-state index < -0.39 is 28.3 Å². The van der Waals surface area contributed by atoms with E-state index in [0.29, 0.717) is 22.8 Å². The third-order valence-electron chi connectivity index (χ3n) is 7.10. The van der Waals surface area contributed by atoms with E-state index in [1.54, 1.807) is 33.3 Å². The minimum absolute atomic E-state index is 0.0122. The van der Waals surface area contributed by atoms with Gasteiger partial charge in [-0.1, -0.05) is 18.2 Å². The maximum absolute atomic E-state index is 13.9. The molecule has 202 valence electrons. The number of carbonyl (C=O) groups excluding carboxylic acids is 1. The van der Waals surface area contributed by atoms with Crippen molar-refractivity contribution in [3.63, 3.8) is 0 Å². The number of para-hydroxylation sites is 2. The van der Waals surface area contributed by atoms with Crippen molar-refractivity contribution in [2.45, 2.75) is 25.3 Å². The molecule has 5 rings (SSSR count). The average Bonchev–Trinajstić information content (AvgIpc) is 3.10. The molecule has 3 atom stereocenters. The largest absolute Gasteiger partial charge is 0.500 e. The number of nitrogens with zero attached hydrogens (tertiary/aromatic N) is 1. The van der Waals surface area contributed by atoms with E-state index in [1.807, 2.05) is 42.5 Å². The molecule has 0 fully saturated rings. The van der Waals surface area contributed by atoms with Crippen LogP contribution in [0.4, 0.5) is 17.1 Å². The minimum Gasteiger partial charge on any atom is -0.500 e. The Hall–Kier alpha value is -4.73. The van der Waals surface area contributed by atoms with Crippen LogP contribution in [0, 0.1) is 16.0 Å². The number of hydrogen-bond acceptors (Lipinski definition) is 9. The summed E-state index contributed by atoms with van der Waals surface area (Å²) in [5.74, 6) is -0.311. The number of fused-ring (bicyclic) bond motifs is 2. The number of aromatic hydroxyl groups is 1. The Bertz CT molecular complexity index is 1470. The van der Waals surface area contributed by atoms with Crippen LogP contribution in [0.5, 0.6) is 23.0 Å². The molecule has 1 heterocycles. The molecule has 0 amide bonds. The van der Waals surface area contributed by atoms with Crippen LogP contribution in [-0.4, -0.2) is 36.6 Å². The van der Waals surface area contributed by atoms with Crippen LogP contribution in [0.1, 0.15) is 36.4 Å². The number of phenols is 1. The van der Waals surface area contributed by atoms with Crippen molar-refractivity contribution in [1.82, 2.24) is 0 Å². The van der Waals surface area contributed by atoms with Gasteiger partial charge in [0.15, 0.2) is 5.75 Å². The SMILES string of the molecule is CCOc1cc([C@@H]2Nc3ccccc3NC3=C[C@@H](c4cc(OC)ccc4OC)CC(=O)[C@H]32)cc([N+](=O)[O-])c1O. The lowest BCUT2D eigenvalue weighted by molar-refractivity contribution is -0.386. The van der Waals surface area contributed by atoms with Crippen LogP contribution < -0.4 is 24.8 Å². The fourth-order valence-corrected chi connectivity index (χ4v) is 5.31. The molecule has 1 aliphatic carbocycles. The monoisotopic (exact) mass is 531 g/mol. The number of ether oxygens (including phenoxy) is 3. The summed E-state index contributed by atoms with van der Waals surface area (Å²) in [6, 6.07) is 15.2. The first kappa shape index (κ1) is 25.9. The van der Waals surface area contributed by atoms with Crippen molar-refractivity contribution >= 4 is 22.8 Å². The van der Waals surface area contributed by atoms with E-state index in [1.165, 1.54) is 6.07 Å². The lowest BCUT2D eigenvalue weighted by Gasteiger charge is -2.33. The molecule has 3 aromatic carbocycles. The molecular weight excluding hydrogens is 502 g/mol. The number of methoxy groups -OCH3 is 2. The summed E-state index contributed by atoms with van der Waals surface area (Å²) in [4.78, 5) is 25.1. The van der Waals surface area contributed by atoms with Gasteiger partial charge in [0.2, 0.25) is 5.75 Å². The number of hydrogen-bond donors (Lipinski definition) is 3. The Morgan fingerprint density at radius 3 is 2.51 bits per heavy atom. The third-order valence-corrected chi connectivity index (χ3v) is 7.10. The van der Waals surface area contributed by atoms with Gasteiger partial charge in [-0.15, -0.1) is 0 Å². The molecular formula is C29H29N3O7. The quantitative estimate of drug-likeness (QED) is 0.265. The number of anilines is 2. The zero-order chi connectivity index (χ0) is 27.7. The number of rotatable bonds is 7. The second-order valence-electron chi connectivity index (χ2n) is 9.35. The highest BCUT2D eigenvalue weighted by molar-refractivity contribution is 5.91. The number of ketones is 1. The molecule has 0 unspecified atom stereocenters. The molecule has 0 bridgehead atoms. The number of carbonyl (C=O) groups is 1. The standard InChI is InChI=1S/C29H29N3O7/c1-4-39-26-14-17(12-23(29(26)34)32(35)36)28-27-22(30-20-7-5-6-8-21(20)31-28)11-16(13-24(27)33)19-15-18(37-2)9-10-25(19)38-3/h5-12,14-16,27-28,30-31,34H,4,13H2,1-3H3/t16-,27+,28+/m1/s1. The number of nitro benzene ring substituents is 1. The Morgan fingerprint density at radius 1 is 1.05 bits per heavy atom. The summed E-state index contributed by atoms with van der Waals surface area (Å²) < 4.78 is 16.5. The first-order valence-corrected chi connectivity index (χ1v) is 12.6. The molecule has 10 heteroatoms. The van der Waals surface area contributed by atoms with E-state index in [0.717, 1.165) is 16.9 Å². The molecule has 0 radical (unpaired) electrons. The predicted molar refractivity (Wildman–Crippen MR) is 146 cm³/mol. The first-order chi connectivity index (χ1) is 18.8. The fourth-order valence-electron chi connectivity index (χ4n) is 5.31. The van der Waals surface area contributed by atoms with E-state index in [9.17, 15) is 20.0 Å². The summed E-state index contributed by atoms with van der Waals surface area (Å²) in [6.45, 7) is 1.93. The number of benzene rings is 3. The summed E-state index contributed by atoms with van der Waals surface area (Å²) in [5, 5.41) is 29.1. The van der Waals surface area contributed by atoms with Gasteiger partial charge in [-0.3, -0.25) is 14.9 Å². The van der Waals surface area contributed by atoms with Crippen molar-refractivity contribution < 1.29 is 29.0 Å². The molecule has 0 spiro atoms. The molecule has 39 heavy (non-hydrogen) atoms. The van der Waals surface area contributed by atoms with Crippen LogP contribution in [-0.2, 0) is 4.79 Å². The van der Waals surface area contributed by atoms with Crippen LogP contribution in [0.15, 0.2) is 66.4 Å². The number of phenolic OH excluding ortho intramolecular Hbond substituents is 1. The topological polar surface area (TPSA) is 132 Å². The molecule has 0 saturated carbocycles. The zero-order valence-corrected chi connectivity index (χ0v) is 21.8. The Balaban J connectivity index is 1.67. The first-order valence-electron chi connectivity index (χ1n) is 12.6. The van der Waals surface area contributed by atoms with Gasteiger partial charge in [0.1, 0.15) is 17.3 Å². The maximum Gasteiger partial charge on any atom is 0.315 e. The lowest BCUT2D eigenvalue weighted by Crippen LogP contribution is -2.34. The van der Waals surface area contributed by atoms with E-state index in [-0.39, 0.29) is 30.5 Å². The van der Waals surface area contributed by atoms with Crippen molar-refractivity contribution in [3.8, 4) is 23.0 Å². The van der Waals surface area contributed by atoms with Crippen LogP contribution in [0.2, 0.25) is 0 Å². The number of nitro groups is 1. The summed E-state index contributed by atoms with van der Waals surface area (Å²) >= 11 is 0. The van der Waals surface area contributed by atoms with Gasteiger partial charge in [-0.05, 0) is 48.9 Å². The van der Waals surface area contributed by atoms with Crippen molar-refractivity contribution in [2.24, 2.45) is 5.92 Å². The molecule has 2 aliphatic rings. The number of Topliss-reactive ketones (excluding diaryl/α,β-unsaturated/α-hetero) is 1. The highest BCUT2D eigenvalue weighted by Crippen LogP contribution is 2.48. The molecule has 3 N–H and O–H groups in total. The van der Waals surface area contributed by atoms with Gasteiger partial charge >= 0.3 is 5.69 Å². The predicted octanol–water partition coefficient (Wildman–Crippen LogP) is 5.55. The zero-order valence-electron chi connectivity index (χ0n) is 21.8. The Morgan fingerprint density at radius 2 is 1.82 bits per heavy atom. The minimum atomic E-state index is -0.691. The van der Waals surface area contributed by atoms with E-state index in [4.69, 9.17) is 14.2 Å². The highest BCUT2D eigenvalue weighted by atomic mass is 16.6. The van der Waals surface area contributed by atoms with Gasteiger partial charge < -0.3 is 30.0 Å². The average molecular weight is 532 g/mol. The summed E-state index contributed by atoms with van der Waals surface area (Å²) in [7, 11) is 3.17. The smallest absolute Gasteiger partial charge is 0.315 e. The number of nitrogens with one attached hydrogen (secondary N) is 2. The van der Waals surface area contributed by atoms with Gasteiger partial charge in [0.05, 0.1) is 49.1 Å². The van der Waals surface area contributed by atoms with Crippen molar-refractivity contribution in [2.75, 3.05) is 31.5 Å². The molecule has 0 aromatic heterocycles. The highest BCUT2D eigenvalue weighted by Gasteiger charge is 2.41. The molecule has 3 aromatic rings. The van der Waals surface area contributed by atoms with E-state index in [2.05, 4.69) is 10.6 Å². The van der Waals surface area contributed by atoms with Gasteiger partial charge in [-0.25, -0.2) is 0 Å². The van der Waals surface area contributed by atoms with Gasteiger partial charge in [0.25, 0.3) is 0 Å². The van der Waals surface area contributed by atoms with Gasteiger partial charge in [0, 0.05) is 29.7 Å². The van der Waals surface area contributed by atoms with Crippen LogP contribution in [0.25, 0.3) is 0 Å². The number of allylic oxidation sites excluding steroid dienone is 1. The summed E-state index contributed by atoms with van der Waals surface area (Å²) in [5.41, 5.74) is 2.94. The molecule has 1 aliphatic heterocycles. The van der Waals surface area contributed by atoms with Crippen molar-refractivity contribution in [3.05, 3.63) is 87.6 Å². The van der Waals surface area contributed by atoms with Crippen LogP contribution >= 0.6 is 0 Å². The van der Waals surface area contributed by atoms with E-state index >= 15 is 0 Å². The molecule has 10 nitrogen and oxygen atoms in total. The second kappa shape index (κ2) is 10.6. The molecule has 0 saturated heterocycles. The lowest BCUT2D eigenvalue weighted by atomic mass is 9.76. The third kappa shape index (κ3) is 4.81. The fraction of sp³-hybridized carbons (Fsp3) is 0.276. The normalized spacial score (nSPS) is 19.8. The Kier molecular flexibility index (Phi) is 7.02. The Labute approximate surface area is 225 Å². The van der Waals surface area contributed by atoms with Crippen LogP contribution in [0.3, 0.4) is 0 Å². The second-order valence-corrected chi connectivity index (χ2v) is 9.35. The summed E-state index contributed by atoms with van der Waals surface area (Å²) in [6.07, 6.45) is 2.20.